The Bertz CT molecular complexity index is 446. The van der Waals surface area contributed by atoms with Gasteiger partial charge in [0.2, 0.25) is 5.95 Å². The maximum absolute atomic E-state index is 11.8. The highest BCUT2D eigenvalue weighted by molar-refractivity contribution is 5.33. The monoisotopic (exact) mass is 236 g/mol. The summed E-state index contributed by atoms with van der Waals surface area (Å²) in [6.45, 7) is 5.58. The number of nitrogens with zero attached hydrogens (tertiary/aromatic N) is 2. The molecule has 3 N–H and O–H groups in total. The van der Waals surface area contributed by atoms with Crippen molar-refractivity contribution in [2.24, 2.45) is 5.73 Å². The van der Waals surface area contributed by atoms with Gasteiger partial charge in [-0.25, -0.2) is 4.98 Å². The van der Waals surface area contributed by atoms with Crippen LogP contribution in [0.5, 0.6) is 0 Å². The normalized spacial score (nSPS) is 17.5. The number of aryl methyl sites for hydroxylation is 1. The fourth-order valence-corrected chi connectivity index (χ4v) is 2.17. The average Bonchev–Trinajstić information content (AvgIpc) is 2.33. The topological polar surface area (TPSA) is 75.0 Å². The molecule has 2 heterocycles. The second-order valence-corrected chi connectivity index (χ2v) is 4.64. The van der Waals surface area contributed by atoms with Crippen LogP contribution in [0.3, 0.4) is 0 Å². The van der Waals surface area contributed by atoms with E-state index < -0.39 is 0 Å². The lowest BCUT2D eigenvalue weighted by molar-refractivity contribution is 0.494. The van der Waals surface area contributed by atoms with Crippen LogP contribution in [0.1, 0.15) is 31.0 Å². The fourth-order valence-electron chi connectivity index (χ4n) is 2.17. The summed E-state index contributed by atoms with van der Waals surface area (Å²) in [7, 11) is 0. The van der Waals surface area contributed by atoms with Crippen molar-refractivity contribution in [1.82, 2.24) is 9.97 Å². The Hall–Kier alpha value is -1.36. The van der Waals surface area contributed by atoms with Gasteiger partial charge >= 0.3 is 0 Å². The molecule has 0 spiro atoms. The summed E-state index contributed by atoms with van der Waals surface area (Å²) in [5, 5.41) is 0. The van der Waals surface area contributed by atoms with Crippen molar-refractivity contribution in [3.63, 3.8) is 0 Å². The second kappa shape index (κ2) is 4.87. The summed E-state index contributed by atoms with van der Waals surface area (Å²) in [4.78, 5) is 21.3. The summed E-state index contributed by atoms with van der Waals surface area (Å²) in [6.07, 6.45) is 2.70. The number of aromatic nitrogens is 2. The molecule has 2 rings (SSSR count). The largest absolute Gasteiger partial charge is 0.342 e. The lowest BCUT2D eigenvalue weighted by atomic mass is 10.1. The number of piperidine rings is 1. The molecule has 0 aliphatic carbocycles. The van der Waals surface area contributed by atoms with E-state index in [4.69, 9.17) is 5.73 Å². The molecule has 94 valence electrons. The highest BCUT2D eigenvalue weighted by Crippen LogP contribution is 2.15. The minimum atomic E-state index is -0.0262. The SMILES string of the molecule is CCc1nc(N2CCC(N)CC2)[nH]c(=O)c1C. The Labute approximate surface area is 101 Å². The molecule has 0 amide bonds. The summed E-state index contributed by atoms with van der Waals surface area (Å²) in [5.41, 5.74) is 7.45. The van der Waals surface area contributed by atoms with Crippen molar-refractivity contribution in [3.8, 4) is 0 Å². The zero-order valence-electron chi connectivity index (χ0n) is 10.5. The molecule has 1 fully saturated rings. The quantitative estimate of drug-likeness (QED) is 0.787. The molecule has 5 heteroatoms. The molecule has 1 aromatic heterocycles. The molecule has 0 aromatic carbocycles. The van der Waals surface area contributed by atoms with Gasteiger partial charge in [-0.3, -0.25) is 9.78 Å². The van der Waals surface area contributed by atoms with E-state index in [-0.39, 0.29) is 11.6 Å². The first-order chi connectivity index (χ1) is 8.11. The minimum Gasteiger partial charge on any atom is -0.342 e. The second-order valence-electron chi connectivity index (χ2n) is 4.64. The van der Waals surface area contributed by atoms with Crippen LogP contribution in [-0.2, 0) is 6.42 Å². The molecule has 1 saturated heterocycles. The van der Waals surface area contributed by atoms with E-state index in [9.17, 15) is 4.79 Å². The van der Waals surface area contributed by atoms with E-state index in [0.717, 1.165) is 43.6 Å². The number of anilines is 1. The molecule has 0 atom stereocenters. The van der Waals surface area contributed by atoms with Gasteiger partial charge in [0, 0.05) is 24.7 Å². The summed E-state index contributed by atoms with van der Waals surface area (Å²) in [5.74, 6) is 0.698. The number of H-pyrrole nitrogens is 1. The van der Waals surface area contributed by atoms with Crippen LogP contribution in [0.4, 0.5) is 5.95 Å². The van der Waals surface area contributed by atoms with Crippen molar-refractivity contribution in [3.05, 3.63) is 21.6 Å². The average molecular weight is 236 g/mol. The van der Waals surface area contributed by atoms with Gasteiger partial charge in [0.05, 0.1) is 5.69 Å². The number of nitrogens with two attached hydrogens (primary N) is 1. The van der Waals surface area contributed by atoms with Gasteiger partial charge in [0.1, 0.15) is 0 Å². The number of rotatable bonds is 2. The van der Waals surface area contributed by atoms with E-state index in [1.807, 2.05) is 13.8 Å². The minimum absolute atomic E-state index is 0.0262. The van der Waals surface area contributed by atoms with E-state index in [1.165, 1.54) is 0 Å². The van der Waals surface area contributed by atoms with Crippen LogP contribution >= 0.6 is 0 Å². The molecular weight excluding hydrogens is 216 g/mol. The van der Waals surface area contributed by atoms with E-state index in [0.29, 0.717) is 5.95 Å². The molecule has 0 bridgehead atoms. The molecule has 0 unspecified atom stereocenters. The Kier molecular flexibility index (Phi) is 3.47. The summed E-state index contributed by atoms with van der Waals surface area (Å²) >= 11 is 0. The molecular formula is C12H20N4O. The maximum Gasteiger partial charge on any atom is 0.255 e. The lowest BCUT2D eigenvalue weighted by Gasteiger charge is -2.30. The van der Waals surface area contributed by atoms with Gasteiger partial charge in [0.25, 0.3) is 5.56 Å². The van der Waals surface area contributed by atoms with Gasteiger partial charge in [-0.05, 0) is 26.2 Å². The van der Waals surface area contributed by atoms with Crippen LogP contribution in [-0.4, -0.2) is 29.1 Å². The van der Waals surface area contributed by atoms with Crippen LogP contribution < -0.4 is 16.2 Å². The van der Waals surface area contributed by atoms with Crippen LogP contribution in [0.15, 0.2) is 4.79 Å². The zero-order valence-corrected chi connectivity index (χ0v) is 10.5. The third-order valence-electron chi connectivity index (χ3n) is 3.41. The predicted octanol–water partition coefficient (Wildman–Crippen LogP) is 0.568. The molecule has 1 aromatic rings. The third-order valence-corrected chi connectivity index (χ3v) is 3.41. The third kappa shape index (κ3) is 2.49. The van der Waals surface area contributed by atoms with Crippen molar-refractivity contribution in [2.45, 2.75) is 39.2 Å². The molecule has 17 heavy (non-hydrogen) atoms. The van der Waals surface area contributed by atoms with Gasteiger partial charge in [0.15, 0.2) is 0 Å². The van der Waals surface area contributed by atoms with Crippen LogP contribution in [0.25, 0.3) is 0 Å². The van der Waals surface area contributed by atoms with E-state index >= 15 is 0 Å². The number of aromatic amines is 1. The first-order valence-corrected chi connectivity index (χ1v) is 6.22. The maximum atomic E-state index is 11.8. The first kappa shape index (κ1) is 12.1. The molecule has 1 aliphatic heterocycles. The number of hydrogen-bond acceptors (Lipinski definition) is 4. The van der Waals surface area contributed by atoms with Gasteiger partial charge in [-0.2, -0.15) is 0 Å². The lowest BCUT2D eigenvalue weighted by Crippen LogP contribution is -2.41. The summed E-state index contributed by atoms with van der Waals surface area (Å²) < 4.78 is 0. The van der Waals surface area contributed by atoms with Crippen molar-refractivity contribution < 1.29 is 0 Å². The Morgan fingerprint density at radius 1 is 1.47 bits per heavy atom. The van der Waals surface area contributed by atoms with Gasteiger partial charge in [-0.15, -0.1) is 0 Å². The standard InChI is InChI=1S/C12H20N4O/c1-3-10-8(2)11(17)15-12(14-10)16-6-4-9(13)5-7-16/h9H,3-7,13H2,1-2H3,(H,14,15,17). The summed E-state index contributed by atoms with van der Waals surface area (Å²) in [6, 6.07) is 0.286. The van der Waals surface area contributed by atoms with Crippen LogP contribution in [0.2, 0.25) is 0 Å². The Morgan fingerprint density at radius 3 is 2.71 bits per heavy atom. The smallest absolute Gasteiger partial charge is 0.255 e. The van der Waals surface area contributed by atoms with Crippen molar-refractivity contribution >= 4 is 5.95 Å². The Balaban J connectivity index is 2.27. The highest BCUT2D eigenvalue weighted by atomic mass is 16.1. The van der Waals surface area contributed by atoms with Crippen molar-refractivity contribution in [2.75, 3.05) is 18.0 Å². The van der Waals surface area contributed by atoms with Gasteiger partial charge in [-0.1, -0.05) is 6.92 Å². The first-order valence-electron chi connectivity index (χ1n) is 6.22. The highest BCUT2D eigenvalue weighted by Gasteiger charge is 2.18. The Morgan fingerprint density at radius 2 is 2.12 bits per heavy atom. The van der Waals surface area contributed by atoms with Crippen molar-refractivity contribution in [1.29, 1.82) is 0 Å². The molecule has 0 radical (unpaired) electrons. The van der Waals surface area contributed by atoms with E-state index in [2.05, 4.69) is 14.9 Å². The molecule has 1 aliphatic rings. The van der Waals surface area contributed by atoms with Crippen LogP contribution in [0, 0.1) is 6.92 Å². The van der Waals surface area contributed by atoms with E-state index in [1.54, 1.807) is 0 Å². The number of hydrogen-bond donors (Lipinski definition) is 2. The zero-order chi connectivity index (χ0) is 12.4. The molecule has 0 saturated carbocycles. The fraction of sp³-hybridized carbons (Fsp3) is 0.667. The van der Waals surface area contributed by atoms with Gasteiger partial charge < -0.3 is 10.6 Å². The predicted molar refractivity (Wildman–Crippen MR) is 68.4 cm³/mol. The molecule has 5 nitrogen and oxygen atoms in total. The number of nitrogens with one attached hydrogen (secondary N) is 1.